The molecule has 1 amide bonds. The van der Waals surface area contributed by atoms with Crippen LogP contribution >= 0.6 is 0 Å². The Kier molecular flexibility index (Phi) is 8.57. The van der Waals surface area contributed by atoms with Crippen molar-refractivity contribution in [1.29, 1.82) is 0 Å². The molecule has 0 fully saturated rings. The van der Waals surface area contributed by atoms with Crippen molar-refractivity contribution in [2.24, 2.45) is 5.73 Å². The summed E-state index contributed by atoms with van der Waals surface area (Å²) >= 11 is 0. The van der Waals surface area contributed by atoms with Gasteiger partial charge in [0.2, 0.25) is 5.91 Å². The number of ether oxygens (including phenoxy) is 1. The molecular formula is C10H22N2O2. The largest absolute Gasteiger partial charge is 0.370 e. The Labute approximate surface area is 86.4 Å². The molecule has 14 heavy (non-hydrogen) atoms. The van der Waals surface area contributed by atoms with Gasteiger partial charge in [0, 0.05) is 19.6 Å². The summed E-state index contributed by atoms with van der Waals surface area (Å²) in [5, 5.41) is 0. The summed E-state index contributed by atoms with van der Waals surface area (Å²) in [5.74, 6) is 0.0643. The van der Waals surface area contributed by atoms with Crippen LogP contribution in [0.2, 0.25) is 0 Å². The van der Waals surface area contributed by atoms with Crippen LogP contribution in [0.15, 0.2) is 0 Å². The summed E-state index contributed by atoms with van der Waals surface area (Å²) in [6.07, 6.45) is 2.16. The minimum Gasteiger partial charge on any atom is -0.370 e. The van der Waals surface area contributed by atoms with Crippen LogP contribution < -0.4 is 5.73 Å². The quantitative estimate of drug-likeness (QED) is 0.587. The third-order valence-electron chi connectivity index (χ3n) is 2.00. The molecule has 0 heterocycles. The van der Waals surface area contributed by atoms with Gasteiger partial charge in [-0.05, 0) is 13.3 Å². The lowest BCUT2D eigenvalue weighted by Gasteiger charge is -2.20. The van der Waals surface area contributed by atoms with E-state index < -0.39 is 0 Å². The van der Waals surface area contributed by atoms with Crippen LogP contribution in [-0.2, 0) is 9.53 Å². The van der Waals surface area contributed by atoms with Crippen LogP contribution in [0, 0.1) is 0 Å². The molecule has 4 nitrogen and oxygen atoms in total. The summed E-state index contributed by atoms with van der Waals surface area (Å²) in [5.41, 5.74) is 5.25. The molecule has 0 bridgehead atoms. The van der Waals surface area contributed by atoms with E-state index in [0.717, 1.165) is 25.9 Å². The van der Waals surface area contributed by atoms with Gasteiger partial charge >= 0.3 is 0 Å². The van der Waals surface area contributed by atoms with Crippen LogP contribution in [0.1, 0.15) is 26.7 Å². The topological polar surface area (TPSA) is 55.6 Å². The average Bonchev–Trinajstić information content (AvgIpc) is 2.19. The SMILES string of the molecule is CCCCN(CC)C(=O)COCCN. The smallest absolute Gasteiger partial charge is 0.248 e. The maximum absolute atomic E-state index is 11.5. The van der Waals surface area contributed by atoms with Gasteiger partial charge < -0.3 is 15.4 Å². The zero-order valence-electron chi connectivity index (χ0n) is 9.29. The van der Waals surface area contributed by atoms with Crippen LogP contribution in [-0.4, -0.2) is 43.7 Å². The molecule has 0 aromatic carbocycles. The van der Waals surface area contributed by atoms with Crippen molar-refractivity contribution in [1.82, 2.24) is 4.90 Å². The first kappa shape index (κ1) is 13.4. The van der Waals surface area contributed by atoms with E-state index in [-0.39, 0.29) is 12.5 Å². The molecule has 0 atom stereocenters. The van der Waals surface area contributed by atoms with E-state index in [1.165, 1.54) is 0 Å². The zero-order chi connectivity index (χ0) is 10.8. The molecule has 0 radical (unpaired) electrons. The Morgan fingerprint density at radius 3 is 2.64 bits per heavy atom. The van der Waals surface area contributed by atoms with Crippen molar-refractivity contribution in [3.63, 3.8) is 0 Å². The van der Waals surface area contributed by atoms with Gasteiger partial charge in [0.15, 0.2) is 0 Å². The predicted molar refractivity (Wildman–Crippen MR) is 57.0 cm³/mol. The molecule has 0 aliphatic rings. The van der Waals surface area contributed by atoms with E-state index in [1.807, 2.05) is 11.8 Å². The second kappa shape index (κ2) is 8.97. The lowest BCUT2D eigenvalue weighted by atomic mass is 10.3. The normalized spacial score (nSPS) is 10.2. The third kappa shape index (κ3) is 5.94. The van der Waals surface area contributed by atoms with E-state index >= 15 is 0 Å². The Morgan fingerprint density at radius 2 is 2.14 bits per heavy atom. The van der Waals surface area contributed by atoms with E-state index in [0.29, 0.717) is 13.2 Å². The number of hydrogen-bond donors (Lipinski definition) is 1. The molecule has 4 heteroatoms. The van der Waals surface area contributed by atoms with Crippen LogP contribution in [0.4, 0.5) is 0 Å². The predicted octanol–water partition coefficient (Wildman–Crippen LogP) is 0.610. The van der Waals surface area contributed by atoms with Gasteiger partial charge in [-0.1, -0.05) is 13.3 Å². The van der Waals surface area contributed by atoms with Crippen molar-refractivity contribution in [2.75, 3.05) is 32.8 Å². The maximum atomic E-state index is 11.5. The molecule has 0 rings (SSSR count). The zero-order valence-corrected chi connectivity index (χ0v) is 9.29. The van der Waals surface area contributed by atoms with Crippen LogP contribution in [0.3, 0.4) is 0 Å². The highest BCUT2D eigenvalue weighted by Crippen LogP contribution is 1.96. The fourth-order valence-corrected chi connectivity index (χ4v) is 1.14. The molecule has 84 valence electrons. The molecule has 0 unspecified atom stereocenters. The number of nitrogens with two attached hydrogens (primary N) is 1. The van der Waals surface area contributed by atoms with E-state index in [2.05, 4.69) is 6.92 Å². The van der Waals surface area contributed by atoms with Crippen molar-refractivity contribution < 1.29 is 9.53 Å². The summed E-state index contributed by atoms with van der Waals surface area (Å²) in [4.78, 5) is 13.3. The summed E-state index contributed by atoms with van der Waals surface area (Å²) in [6, 6.07) is 0. The van der Waals surface area contributed by atoms with Crippen molar-refractivity contribution in [2.45, 2.75) is 26.7 Å². The highest BCUT2D eigenvalue weighted by atomic mass is 16.5. The Morgan fingerprint density at radius 1 is 1.43 bits per heavy atom. The number of carbonyl (C=O) groups is 1. The fourth-order valence-electron chi connectivity index (χ4n) is 1.14. The van der Waals surface area contributed by atoms with E-state index in [9.17, 15) is 4.79 Å². The number of amides is 1. The average molecular weight is 202 g/mol. The molecule has 0 aliphatic carbocycles. The Hall–Kier alpha value is -0.610. The maximum Gasteiger partial charge on any atom is 0.248 e. The first-order valence-corrected chi connectivity index (χ1v) is 5.31. The van der Waals surface area contributed by atoms with Crippen LogP contribution in [0.5, 0.6) is 0 Å². The monoisotopic (exact) mass is 202 g/mol. The minimum absolute atomic E-state index is 0.0643. The van der Waals surface area contributed by atoms with Gasteiger partial charge in [-0.3, -0.25) is 4.79 Å². The number of hydrogen-bond acceptors (Lipinski definition) is 3. The molecule has 0 aromatic rings. The van der Waals surface area contributed by atoms with Gasteiger partial charge in [0.25, 0.3) is 0 Å². The van der Waals surface area contributed by atoms with Gasteiger partial charge in [-0.15, -0.1) is 0 Å². The van der Waals surface area contributed by atoms with Crippen molar-refractivity contribution in [3.8, 4) is 0 Å². The number of likely N-dealkylation sites (N-methyl/N-ethyl adjacent to an activating group) is 1. The second-order valence-corrected chi connectivity index (χ2v) is 3.17. The van der Waals surface area contributed by atoms with Crippen molar-refractivity contribution >= 4 is 5.91 Å². The lowest BCUT2D eigenvalue weighted by molar-refractivity contribution is -0.135. The summed E-state index contributed by atoms with van der Waals surface area (Å²) < 4.78 is 5.09. The molecular weight excluding hydrogens is 180 g/mol. The first-order chi connectivity index (χ1) is 6.76. The highest BCUT2D eigenvalue weighted by Gasteiger charge is 2.10. The molecule has 0 spiro atoms. The number of nitrogens with zero attached hydrogens (tertiary/aromatic N) is 1. The van der Waals surface area contributed by atoms with Gasteiger partial charge in [0.1, 0.15) is 6.61 Å². The lowest BCUT2D eigenvalue weighted by Crippen LogP contribution is -2.35. The number of rotatable bonds is 8. The van der Waals surface area contributed by atoms with Gasteiger partial charge in [-0.2, -0.15) is 0 Å². The molecule has 2 N–H and O–H groups in total. The van der Waals surface area contributed by atoms with Crippen LogP contribution in [0.25, 0.3) is 0 Å². The van der Waals surface area contributed by atoms with E-state index in [1.54, 1.807) is 0 Å². The first-order valence-electron chi connectivity index (χ1n) is 5.31. The minimum atomic E-state index is 0.0643. The number of unbranched alkanes of at least 4 members (excludes halogenated alkanes) is 1. The van der Waals surface area contributed by atoms with Gasteiger partial charge in [0.05, 0.1) is 6.61 Å². The summed E-state index contributed by atoms with van der Waals surface area (Å²) in [7, 11) is 0. The van der Waals surface area contributed by atoms with E-state index in [4.69, 9.17) is 10.5 Å². The third-order valence-corrected chi connectivity index (χ3v) is 2.00. The second-order valence-electron chi connectivity index (χ2n) is 3.17. The molecule has 0 aromatic heterocycles. The molecule has 0 aliphatic heterocycles. The number of carbonyl (C=O) groups excluding carboxylic acids is 1. The fraction of sp³-hybridized carbons (Fsp3) is 0.900. The Balaban J connectivity index is 3.67. The van der Waals surface area contributed by atoms with Gasteiger partial charge in [-0.25, -0.2) is 0 Å². The highest BCUT2D eigenvalue weighted by molar-refractivity contribution is 5.77. The summed E-state index contributed by atoms with van der Waals surface area (Å²) in [6.45, 7) is 6.77. The Bertz CT molecular complexity index is 151. The standard InChI is InChI=1S/C10H22N2O2/c1-3-5-7-12(4-2)10(13)9-14-8-6-11/h3-9,11H2,1-2H3. The van der Waals surface area contributed by atoms with Crippen molar-refractivity contribution in [3.05, 3.63) is 0 Å². The molecule has 0 saturated heterocycles. The molecule has 0 saturated carbocycles.